The molecule has 1 heterocycles. The molecule has 0 aromatic heterocycles. The van der Waals surface area contributed by atoms with E-state index in [2.05, 4.69) is 12.2 Å². The van der Waals surface area contributed by atoms with Gasteiger partial charge in [-0.05, 0) is 30.1 Å². The second-order valence-corrected chi connectivity index (χ2v) is 5.71. The Morgan fingerprint density at radius 2 is 1.65 bits per heavy atom. The minimum absolute atomic E-state index is 0.0428. The largest absolute Gasteiger partial charge is 0.395 e. The Morgan fingerprint density at radius 1 is 1.12 bits per heavy atom. The third kappa shape index (κ3) is 1.03. The van der Waals surface area contributed by atoms with Gasteiger partial charge < -0.3 is 5.11 Å². The second-order valence-electron chi connectivity index (χ2n) is 5.71. The summed E-state index contributed by atoms with van der Waals surface area (Å²) in [6.07, 6.45) is 5.51. The molecule has 1 saturated heterocycles. The highest BCUT2D eigenvalue weighted by molar-refractivity contribution is 6.06. The maximum Gasteiger partial charge on any atom is 0.233 e. The van der Waals surface area contributed by atoms with Crippen molar-refractivity contribution >= 4 is 11.8 Å². The van der Waals surface area contributed by atoms with Crippen LogP contribution in [0.3, 0.4) is 0 Å². The molecule has 0 aromatic rings. The van der Waals surface area contributed by atoms with E-state index >= 15 is 0 Å². The van der Waals surface area contributed by atoms with Crippen LogP contribution in [0.2, 0.25) is 0 Å². The van der Waals surface area contributed by atoms with Crippen molar-refractivity contribution in [2.24, 2.45) is 35.5 Å². The molecule has 1 N–H and O–H groups in total. The molecule has 0 aromatic carbocycles. The average Bonchev–Trinajstić information content (AvgIpc) is 3.11. The number of hydrogen-bond donors (Lipinski definition) is 1. The molecule has 4 nitrogen and oxygen atoms in total. The van der Waals surface area contributed by atoms with Gasteiger partial charge in [-0.2, -0.15) is 0 Å². The number of allylic oxidation sites excluding steroid dienone is 2. The van der Waals surface area contributed by atoms with E-state index in [1.807, 2.05) is 0 Å². The Hall–Kier alpha value is -1.16. The molecule has 2 saturated carbocycles. The van der Waals surface area contributed by atoms with Crippen LogP contribution in [-0.4, -0.2) is 35.0 Å². The van der Waals surface area contributed by atoms with Crippen molar-refractivity contribution in [3.05, 3.63) is 12.2 Å². The maximum absolute atomic E-state index is 12.3. The lowest BCUT2D eigenvalue weighted by Crippen LogP contribution is -2.40. The molecular formula is C13H15NO3. The molecule has 2 bridgehead atoms. The van der Waals surface area contributed by atoms with Gasteiger partial charge in [0.15, 0.2) is 0 Å². The molecule has 6 atom stereocenters. The van der Waals surface area contributed by atoms with E-state index in [0.717, 1.165) is 0 Å². The summed E-state index contributed by atoms with van der Waals surface area (Å²) in [5, 5.41) is 8.94. The van der Waals surface area contributed by atoms with Crippen LogP contribution in [0.5, 0.6) is 0 Å². The van der Waals surface area contributed by atoms with Gasteiger partial charge in [-0.1, -0.05) is 12.2 Å². The zero-order chi connectivity index (χ0) is 11.7. The van der Waals surface area contributed by atoms with Crippen molar-refractivity contribution in [1.82, 2.24) is 4.90 Å². The molecule has 0 spiro atoms. The summed E-state index contributed by atoms with van der Waals surface area (Å²) in [5.41, 5.74) is 0. The number of likely N-dealkylation sites (tertiary alicyclic amines) is 1. The van der Waals surface area contributed by atoms with Crippen molar-refractivity contribution in [3.63, 3.8) is 0 Å². The van der Waals surface area contributed by atoms with Crippen LogP contribution in [0.25, 0.3) is 0 Å². The van der Waals surface area contributed by atoms with Gasteiger partial charge in [-0.25, -0.2) is 0 Å². The lowest BCUT2D eigenvalue weighted by molar-refractivity contribution is -0.140. The number of hydrogen-bond acceptors (Lipinski definition) is 3. The number of imide groups is 1. The zero-order valence-corrected chi connectivity index (χ0v) is 9.45. The fourth-order valence-electron chi connectivity index (χ4n) is 4.34. The van der Waals surface area contributed by atoms with Gasteiger partial charge in [-0.15, -0.1) is 0 Å². The molecule has 90 valence electrons. The van der Waals surface area contributed by atoms with Crippen LogP contribution in [0.1, 0.15) is 6.42 Å². The number of aliphatic hydroxyl groups is 1. The molecule has 5 aliphatic rings. The Balaban J connectivity index is 1.74. The van der Waals surface area contributed by atoms with Gasteiger partial charge in [0.05, 0.1) is 25.0 Å². The molecule has 2 amide bonds. The normalized spacial score (nSPS) is 49.6. The highest BCUT2D eigenvalue weighted by Gasteiger charge is 2.66. The monoisotopic (exact) mass is 233 g/mol. The average molecular weight is 233 g/mol. The summed E-state index contributed by atoms with van der Waals surface area (Å²) >= 11 is 0. The Kier molecular flexibility index (Phi) is 1.73. The quantitative estimate of drug-likeness (QED) is 0.541. The van der Waals surface area contributed by atoms with Crippen molar-refractivity contribution in [2.75, 3.05) is 13.2 Å². The van der Waals surface area contributed by atoms with E-state index in [9.17, 15) is 9.59 Å². The summed E-state index contributed by atoms with van der Waals surface area (Å²) < 4.78 is 0. The number of amides is 2. The fraction of sp³-hybridized carbons (Fsp3) is 0.692. The standard InChI is InChI=1S/C13H15NO3/c15-4-3-14-12(16)10-6-1-2-7(9-5-8(6)9)11(10)13(14)17/h1-2,6-11,15H,3-5H2/t6-,7+,8+,9-,10-,11+. The predicted molar refractivity (Wildman–Crippen MR) is 58.5 cm³/mol. The lowest BCUT2D eigenvalue weighted by atomic mass is 9.63. The van der Waals surface area contributed by atoms with E-state index in [1.165, 1.54) is 11.3 Å². The fourth-order valence-corrected chi connectivity index (χ4v) is 4.34. The first-order valence-electron chi connectivity index (χ1n) is 6.38. The minimum Gasteiger partial charge on any atom is -0.395 e. The van der Waals surface area contributed by atoms with E-state index < -0.39 is 0 Å². The third-order valence-corrected chi connectivity index (χ3v) is 5.08. The predicted octanol–water partition coefficient (Wildman–Crippen LogP) is 0.0318. The molecule has 3 fully saturated rings. The highest BCUT2D eigenvalue weighted by Crippen LogP contribution is 2.65. The summed E-state index contributed by atoms with van der Waals surface area (Å²) in [4.78, 5) is 25.8. The molecule has 0 radical (unpaired) electrons. The van der Waals surface area contributed by atoms with Crippen LogP contribution in [0, 0.1) is 35.5 Å². The number of nitrogens with zero attached hydrogens (tertiary/aromatic N) is 1. The number of aliphatic hydroxyl groups excluding tert-OH is 1. The zero-order valence-electron chi connectivity index (χ0n) is 9.45. The molecule has 4 heteroatoms. The first kappa shape index (κ1) is 9.83. The molecule has 4 aliphatic carbocycles. The first-order valence-corrected chi connectivity index (χ1v) is 6.38. The number of β-amino-alcohol motifs (C(OH)–C–C–N with tert-alkyl or cyclic N) is 1. The number of rotatable bonds is 2. The first-order chi connectivity index (χ1) is 8.24. The van der Waals surface area contributed by atoms with Gasteiger partial charge in [-0.3, -0.25) is 14.5 Å². The van der Waals surface area contributed by atoms with Crippen molar-refractivity contribution in [1.29, 1.82) is 0 Å². The smallest absolute Gasteiger partial charge is 0.233 e. The van der Waals surface area contributed by atoms with Gasteiger partial charge >= 0.3 is 0 Å². The van der Waals surface area contributed by atoms with Crippen LogP contribution >= 0.6 is 0 Å². The van der Waals surface area contributed by atoms with Crippen LogP contribution < -0.4 is 0 Å². The van der Waals surface area contributed by atoms with Gasteiger partial charge in [0, 0.05) is 0 Å². The van der Waals surface area contributed by atoms with E-state index in [-0.39, 0.29) is 48.6 Å². The number of carbonyl (C=O) groups is 2. The maximum atomic E-state index is 12.3. The topological polar surface area (TPSA) is 57.6 Å². The Bertz CT molecular complexity index is 408. The lowest BCUT2D eigenvalue weighted by Gasteiger charge is -2.37. The third-order valence-electron chi connectivity index (χ3n) is 5.08. The summed E-state index contributed by atoms with van der Waals surface area (Å²) in [6, 6.07) is 0. The molecule has 17 heavy (non-hydrogen) atoms. The van der Waals surface area contributed by atoms with E-state index in [4.69, 9.17) is 5.11 Å². The van der Waals surface area contributed by atoms with Crippen LogP contribution in [0.15, 0.2) is 12.2 Å². The minimum atomic E-state index is -0.132. The molecular weight excluding hydrogens is 218 g/mol. The summed E-state index contributed by atoms with van der Waals surface area (Å²) in [5.74, 6) is 1.55. The van der Waals surface area contributed by atoms with Crippen molar-refractivity contribution in [2.45, 2.75) is 6.42 Å². The van der Waals surface area contributed by atoms with Crippen molar-refractivity contribution in [3.8, 4) is 0 Å². The highest BCUT2D eigenvalue weighted by atomic mass is 16.3. The summed E-state index contributed by atoms with van der Waals surface area (Å²) in [7, 11) is 0. The SMILES string of the molecule is O=C1[C@@H]2[C@@H]3C=C[C@@H]([C@H]4C[C@@H]34)[C@@H]2C(=O)N1CCO. The van der Waals surface area contributed by atoms with Gasteiger partial charge in [0.25, 0.3) is 0 Å². The van der Waals surface area contributed by atoms with Crippen LogP contribution in [-0.2, 0) is 9.59 Å². The Morgan fingerprint density at radius 3 is 2.12 bits per heavy atom. The molecule has 0 unspecified atom stereocenters. The van der Waals surface area contributed by atoms with Gasteiger partial charge in [0.1, 0.15) is 0 Å². The number of carbonyl (C=O) groups excluding carboxylic acids is 2. The summed E-state index contributed by atoms with van der Waals surface area (Å²) in [6.45, 7) is 0.0337. The Labute approximate surface area is 99.3 Å². The molecule has 5 rings (SSSR count). The second kappa shape index (κ2) is 2.99. The van der Waals surface area contributed by atoms with Gasteiger partial charge in [0.2, 0.25) is 11.8 Å². The van der Waals surface area contributed by atoms with Crippen molar-refractivity contribution < 1.29 is 14.7 Å². The van der Waals surface area contributed by atoms with E-state index in [1.54, 1.807) is 0 Å². The molecule has 1 aliphatic heterocycles. The van der Waals surface area contributed by atoms with E-state index in [0.29, 0.717) is 11.8 Å². The van der Waals surface area contributed by atoms with Crippen LogP contribution in [0.4, 0.5) is 0 Å².